The van der Waals surface area contributed by atoms with Crippen molar-refractivity contribution in [3.8, 4) is 27.9 Å². The van der Waals surface area contributed by atoms with Crippen LogP contribution in [-0.2, 0) is 5.41 Å². The van der Waals surface area contributed by atoms with Crippen LogP contribution in [0.1, 0.15) is 37.7 Å². The summed E-state index contributed by atoms with van der Waals surface area (Å²) in [5.74, 6) is 4.81. The standard InChI is InChI=1S/C53H44N2/c1-2-11-35(12-3-1)36-21-25-42(26-22-36)54(51-20-9-6-17-48(51)53-32-40-29-39-30-41(33-53)52(40)47(39)34-53)43-27-23-37(24-28-43)38-13-10-14-44(31-38)55-49-18-7-4-15-45(49)46-16-5-8-19-50(46)55/h1-28,31,39-41,47,52H,29-30,32-34H2/t39?,40-,41-,47?,52?,53?/m0/s1. The van der Waals surface area contributed by atoms with Gasteiger partial charge in [-0.1, -0.05) is 121 Å². The Morgan fingerprint density at radius 2 is 1.00 bits per heavy atom. The van der Waals surface area contributed by atoms with Gasteiger partial charge in [-0.2, -0.15) is 0 Å². The highest BCUT2D eigenvalue weighted by molar-refractivity contribution is 6.09. The molecule has 8 aromatic rings. The normalized spacial score (nSPS) is 24.6. The zero-order valence-corrected chi connectivity index (χ0v) is 31.1. The first kappa shape index (κ1) is 31.5. The van der Waals surface area contributed by atoms with E-state index in [0.29, 0.717) is 0 Å². The Morgan fingerprint density at radius 3 is 1.65 bits per heavy atom. The number of para-hydroxylation sites is 3. The molecule has 2 heteroatoms. The number of nitrogens with zero attached hydrogens (tertiary/aromatic N) is 2. The molecule has 0 spiro atoms. The molecule has 13 rings (SSSR count). The van der Waals surface area contributed by atoms with E-state index in [1.165, 1.54) is 98.9 Å². The third-order valence-corrected chi connectivity index (χ3v) is 14.4. The number of hydrogen-bond donors (Lipinski definition) is 0. The smallest absolute Gasteiger partial charge is 0.0541 e. The van der Waals surface area contributed by atoms with Gasteiger partial charge in [-0.25, -0.2) is 0 Å². The van der Waals surface area contributed by atoms with Gasteiger partial charge in [-0.3, -0.25) is 0 Å². The highest BCUT2D eigenvalue weighted by Gasteiger charge is 2.65. The van der Waals surface area contributed by atoms with Gasteiger partial charge in [0, 0.05) is 33.5 Å². The minimum Gasteiger partial charge on any atom is -0.310 e. The molecular weight excluding hydrogens is 665 g/mol. The molecule has 266 valence electrons. The Labute approximate surface area is 323 Å². The third-order valence-electron chi connectivity index (χ3n) is 14.4. The number of benzene rings is 7. The predicted octanol–water partition coefficient (Wildman–Crippen LogP) is 13.9. The van der Waals surface area contributed by atoms with Crippen molar-refractivity contribution in [1.29, 1.82) is 0 Å². The molecule has 0 amide bonds. The van der Waals surface area contributed by atoms with Crippen molar-refractivity contribution in [2.75, 3.05) is 4.90 Å². The van der Waals surface area contributed by atoms with E-state index >= 15 is 0 Å². The molecule has 6 bridgehead atoms. The lowest BCUT2D eigenvalue weighted by molar-refractivity contribution is 0.0227. The SMILES string of the molecule is c1ccc(-c2ccc(N(c3ccc(-c4cccc(-n5c6ccccc6c6ccccc65)c4)cc3)c3ccccc3C34CC5C6C[C@@H](C3)C5[C@@H](C6)C4)cc2)cc1. The van der Waals surface area contributed by atoms with Crippen molar-refractivity contribution < 1.29 is 0 Å². The van der Waals surface area contributed by atoms with Gasteiger partial charge >= 0.3 is 0 Å². The molecule has 0 saturated heterocycles. The van der Waals surface area contributed by atoms with Gasteiger partial charge < -0.3 is 9.47 Å². The number of anilines is 3. The van der Waals surface area contributed by atoms with Crippen LogP contribution in [0.25, 0.3) is 49.7 Å². The lowest BCUT2D eigenvalue weighted by Gasteiger charge is -2.54. The van der Waals surface area contributed by atoms with Gasteiger partial charge in [0.25, 0.3) is 0 Å². The van der Waals surface area contributed by atoms with Crippen molar-refractivity contribution in [2.24, 2.45) is 29.6 Å². The number of hydrogen-bond acceptors (Lipinski definition) is 1. The molecule has 0 radical (unpaired) electrons. The van der Waals surface area contributed by atoms with E-state index in [-0.39, 0.29) is 5.41 Å². The monoisotopic (exact) mass is 708 g/mol. The Morgan fingerprint density at radius 1 is 0.455 bits per heavy atom. The van der Waals surface area contributed by atoms with Crippen LogP contribution in [0.15, 0.2) is 176 Å². The van der Waals surface area contributed by atoms with Crippen LogP contribution in [0, 0.1) is 29.6 Å². The van der Waals surface area contributed by atoms with Gasteiger partial charge in [-0.05, 0) is 150 Å². The van der Waals surface area contributed by atoms with Crippen LogP contribution < -0.4 is 4.90 Å². The van der Waals surface area contributed by atoms with E-state index in [1.807, 2.05) is 0 Å². The molecule has 5 aliphatic rings. The fraction of sp³-hybridized carbons (Fsp3) is 0.208. The molecule has 55 heavy (non-hydrogen) atoms. The average molecular weight is 709 g/mol. The molecule has 0 aliphatic heterocycles. The number of aromatic nitrogens is 1. The van der Waals surface area contributed by atoms with Crippen molar-refractivity contribution in [2.45, 2.75) is 37.5 Å². The minimum absolute atomic E-state index is 0.284. The summed E-state index contributed by atoms with van der Waals surface area (Å²) in [5.41, 5.74) is 14.2. The molecule has 5 fully saturated rings. The second-order valence-electron chi connectivity index (χ2n) is 17.1. The minimum atomic E-state index is 0.284. The van der Waals surface area contributed by atoms with Gasteiger partial charge in [0.15, 0.2) is 0 Å². The largest absolute Gasteiger partial charge is 0.310 e. The van der Waals surface area contributed by atoms with E-state index in [2.05, 4.69) is 185 Å². The van der Waals surface area contributed by atoms with Crippen LogP contribution in [-0.4, -0.2) is 4.57 Å². The molecule has 5 aliphatic carbocycles. The van der Waals surface area contributed by atoms with E-state index in [9.17, 15) is 0 Å². The van der Waals surface area contributed by atoms with Crippen LogP contribution in [0.5, 0.6) is 0 Å². The molecule has 1 aromatic heterocycles. The predicted molar refractivity (Wildman–Crippen MR) is 229 cm³/mol. The number of fused-ring (bicyclic) bond motifs is 3. The van der Waals surface area contributed by atoms with Gasteiger partial charge in [0.2, 0.25) is 0 Å². The topological polar surface area (TPSA) is 8.17 Å². The summed E-state index contributed by atoms with van der Waals surface area (Å²) in [6.45, 7) is 0. The Balaban J connectivity index is 0.957. The maximum absolute atomic E-state index is 2.56. The van der Waals surface area contributed by atoms with Crippen molar-refractivity contribution in [3.63, 3.8) is 0 Å². The maximum Gasteiger partial charge on any atom is 0.0541 e. The molecule has 1 heterocycles. The maximum atomic E-state index is 2.56. The first-order valence-corrected chi connectivity index (χ1v) is 20.5. The summed E-state index contributed by atoms with van der Waals surface area (Å²) in [6.07, 6.45) is 7.11. The van der Waals surface area contributed by atoms with Crippen molar-refractivity contribution in [3.05, 3.63) is 181 Å². The van der Waals surface area contributed by atoms with Gasteiger partial charge in [0.1, 0.15) is 0 Å². The highest BCUT2D eigenvalue weighted by atomic mass is 15.1. The van der Waals surface area contributed by atoms with Crippen LogP contribution in [0.3, 0.4) is 0 Å². The molecule has 7 aromatic carbocycles. The molecule has 3 atom stereocenters. The van der Waals surface area contributed by atoms with Gasteiger partial charge in [-0.15, -0.1) is 0 Å². The Kier molecular flexibility index (Phi) is 6.91. The first-order valence-electron chi connectivity index (χ1n) is 20.5. The third kappa shape index (κ3) is 4.80. The Hall–Kier alpha value is -5.86. The van der Waals surface area contributed by atoms with E-state index in [4.69, 9.17) is 0 Å². The number of rotatable bonds is 7. The van der Waals surface area contributed by atoms with Gasteiger partial charge in [0.05, 0.1) is 11.0 Å². The molecule has 5 saturated carbocycles. The van der Waals surface area contributed by atoms with Crippen LogP contribution in [0.2, 0.25) is 0 Å². The molecular formula is C53H44N2. The summed E-state index contributed by atoms with van der Waals surface area (Å²) < 4.78 is 2.41. The van der Waals surface area contributed by atoms with Crippen LogP contribution in [0.4, 0.5) is 17.1 Å². The fourth-order valence-electron chi connectivity index (χ4n) is 12.5. The molecule has 1 unspecified atom stereocenters. The summed E-state index contributed by atoms with van der Waals surface area (Å²) in [5, 5.41) is 2.57. The second kappa shape index (κ2) is 12.1. The lowest BCUT2D eigenvalue weighted by atomic mass is 9.51. The zero-order chi connectivity index (χ0) is 36.1. The quantitative estimate of drug-likeness (QED) is 0.160. The van der Waals surface area contributed by atoms with Crippen molar-refractivity contribution >= 4 is 38.9 Å². The molecule has 0 N–H and O–H groups in total. The van der Waals surface area contributed by atoms with Crippen molar-refractivity contribution in [1.82, 2.24) is 4.57 Å². The summed E-state index contributed by atoms with van der Waals surface area (Å²) in [4.78, 5) is 2.56. The lowest BCUT2D eigenvalue weighted by Crippen LogP contribution is -2.47. The summed E-state index contributed by atoms with van der Waals surface area (Å²) in [6, 6.07) is 65.4. The second-order valence-corrected chi connectivity index (χ2v) is 17.1. The van der Waals surface area contributed by atoms with E-state index < -0.39 is 0 Å². The first-order chi connectivity index (χ1) is 27.2. The molecule has 2 nitrogen and oxygen atoms in total. The van der Waals surface area contributed by atoms with E-state index in [1.54, 1.807) is 5.56 Å². The summed E-state index contributed by atoms with van der Waals surface area (Å²) in [7, 11) is 0. The van der Waals surface area contributed by atoms with E-state index in [0.717, 1.165) is 29.6 Å². The highest BCUT2D eigenvalue weighted by Crippen LogP contribution is 2.73. The average Bonchev–Trinajstić information content (AvgIpc) is 3.82. The summed E-state index contributed by atoms with van der Waals surface area (Å²) >= 11 is 0. The fourth-order valence-corrected chi connectivity index (χ4v) is 12.5. The van der Waals surface area contributed by atoms with Crippen LogP contribution >= 0.6 is 0 Å². The zero-order valence-electron chi connectivity index (χ0n) is 31.1. The Bertz CT molecular complexity index is 2650.